The van der Waals surface area contributed by atoms with Gasteiger partial charge >= 0.3 is 6.03 Å². The molecule has 0 aliphatic carbocycles. The van der Waals surface area contributed by atoms with E-state index in [9.17, 15) is 4.79 Å². The number of aliphatic imine (C=N–C) groups is 1. The molecule has 0 radical (unpaired) electrons. The first-order chi connectivity index (χ1) is 8.56. The molecule has 18 heavy (non-hydrogen) atoms. The number of nitrogens with one attached hydrogen (secondary N) is 2. The van der Waals surface area contributed by atoms with Crippen molar-refractivity contribution in [3.8, 4) is 6.07 Å². The van der Waals surface area contributed by atoms with Crippen molar-refractivity contribution < 1.29 is 4.79 Å². The first-order valence-electron chi connectivity index (χ1n) is 5.09. The molecule has 0 saturated carbocycles. The maximum atomic E-state index is 11.0. The topological polar surface area (TPSA) is 107 Å². The minimum absolute atomic E-state index is 0.364. The number of hydrazine groups is 1. The van der Waals surface area contributed by atoms with E-state index in [1.165, 1.54) is 6.07 Å². The molecule has 1 aromatic rings. The van der Waals surface area contributed by atoms with Crippen molar-refractivity contribution in [2.24, 2.45) is 10.8 Å². The number of hydrogen-bond acceptors (Lipinski definition) is 4. The van der Waals surface area contributed by atoms with Gasteiger partial charge < -0.3 is 10.2 Å². The zero-order valence-corrected chi connectivity index (χ0v) is 10.1. The molecule has 0 spiro atoms. The van der Waals surface area contributed by atoms with Gasteiger partial charge in [0.15, 0.2) is 0 Å². The van der Waals surface area contributed by atoms with Gasteiger partial charge in [0, 0.05) is 19.8 Å². The van der Waals surface area contributed by atoms with E-state index in [0.29, 0.717) is 16.9 Å². The molecule has 0 atom stereocenters. The molecule has 94 valence electrons. The molecule has 0 aromatic heterocycles. The van der Waals surface area contributed by atoms with Crippen molar-refractivity contribution in [3.05, 3.63) is 23.8 Å². The summed E-state index contributed by atoms with van der Waals surface area (Å²) in [4.78, 5) is 16.9. The van der Waals surface area contributed by atoms with Crippen LogP contribution in [-0.2, 0) is 0 Å². The van der Waals surface area contributed by atoms with Crippen LogP contribution >= 0.6 is 0 Å². The maximum Gasteiger partial charge on any atom is 0.333 e. The van der Waals surface area contributed by atoms with Gasteiger partial charge in [0.1, 0.15) is 6.07 Å². The van der Waals surface area contributed by atoms with Gasteiger partial charge in [0.25, 0.3) is 0 Å². The number of nitriles is 1. The van der Waals surface area contributed by atoms with E-state index in [1.54, 1.807) is 23.4 Å². The molecule has 1 rings (SSSR count). The first kappa shape index (κ1) is 13.5. The molecule has 1 aromatic carbocycles. The SMILES string of the molecule is CN(C)/C=N/c1ccc(NC(=O)NN)cc1C#N. The largest absolute Gasteiger partial charge is 0.369 e. The Hall–Kier alpha value is -2.59. The highest BCUT2D eigenvalue weighted by molar-refractivity contribution is 5.89. The number of benzene rings is 1. The van der Waals surface area contributed by atoms with Crippen molar-refractivity contribution in [2.45, 2.75) is 0 Å². The molecule has 0 heterocycles. The third-order valence-corrected chi connectivity index (χ3v) is 1.93. The summed E-state index contributed by atoms with van der Waals surface area (Å²) in [7, 11) is 3.66. The van der Waals surface area contributed by atoms with Gasteiger partial charge in [-0.3, -0.25) is 5.43 Å². The fraction of sp³-hybridized carbons (Fsp3) is 0.182. The highest BCUT2D eigenvalue weighted by Crippen LogP contribution is 2.22. The molecular weight excluding hydrogens is 232 g/mol. The first-order valence-corrected chi connectivity index (χ1v) is 5.09. The smallest absolute Gasteiger partial charge is 0.333 e. The lowest BCUT2D eigenvalue weighted by molar-refractivity contribution is 0.252. The lowest BCUT2D eigenvalue weighted by atomic mass is 10.2. The molecule has 0 bridgehead atoms. The van der Waals surface area contributed by atoms with Crippen LogP contribution in [0.2, 0.25) is 0 Å². The van der Waals surface area contributed by atoms with Gasteiger partial charge in [-0.15, -0.1) is 0 Å². The standard InChI is InChI=1S/C11H14N6O/c1-17(2)7-14-10-4-3-9(5-8(10)6-12)15-11(18)16-13/h3-5,7H,13H2,1-2H3,(H2,15,16,18)/b14-7+. The van der Waals surface area contributed by atoms with Crippen LogP contribution < -0.4 is 16.6 Å². The molecule has 0 aliphatic heterocycles. The Bertz CT molecular complexity index is 503. The molecule has 2 amide bonds. The number of hydrogen-bond donors (Lipinski definition) is 3. The number of amides is 2. The summed E-state index contributed by atoms with van der Waals surface area (Å²) in [6, 6.07) is 6.27. The summed E-state index contributed by atoms with van der Waals surface area (Å²) in [5.74, 6) is 4.95. The van der Waals surface area contributed by atoms with Crippen molar-refractivity contribution in [1.29, 1.82) is 5.26 Å². The van der Waals surface area contributed by atoms with Crippen LogP contribution in [-0.4, -0.2) is 31.4 Å². The predicted molar refractivity (Wildman–Crippen MR) is 69.3 cm³/mol. The van der Waals surface area contributed by atoms with Crippen LogP contribution in [0, 0.1) is 11.3 Å². The van der Waals surface area contributed by atoms with Crippen molar-refractivity contribution >= 4 is 23.7 Å². The molecule has 0 saturated heterocycles. The fourth-order valence-corrected chi connectivity index (χ4v) is 1.16. The van der Waals surface area contributed by atoms with Crippen LogP contribution in [0.1, 0.15) is 5.56 Å². The molecular formula is C11H14N6O. The summed E-state index contributed by atoms with van der Waals surface area (Å²) in [6.45, 7) is 0. The van der Waals surface area contributed by atoms with Crippen molar-refractivity contribution in [1.82, 2.24) is 10.3 Å². The Balaban J connectivity index is 2.97. The van der Waals surface area contributed by atoms with Gasteiger partial charge in [0.05, 0.1) is 17.6 Å². The van der Waals surface area contributed by atoms with E-state index in [4.69, 9.17) is 11.1 Å². The fourth-order valence-electron chi connectivity index (χ4n) is 1.16. The lowest BCUT2D eigenvalue weighted by Crippen LogP contribution is -2.34. The quantitative estimate of drug-likeness (QED) is 0.241. The van der Waals surface area contributed by atoms with E-state index in [2.05, 4.69) is 10.3 Å². The zero-order chi connectivity index (χ0) is 13.5. The normalized spacial score (nSPS) is 9.89. The monoisotopic (exact) mass is 246 g/mol. The van der Waals surface area contributed by atoms with Gasteiger partial charge in [-0.1, -0.05) is 0 Å². The number of rotatable bonds is 3. The summed E-state index contributed by atoms with van der Waals surface area (Å²) >= 11 is 0. The predicted octanol–water partition coefficient (Wildman–Crippen LogP) is 0.775. The van der Waals surface area contributed by atoms with Crippen LogP contribution in [0.5, 0.6) is 0 Å². The highest BCUT2D eigenvalue weighted by Gasteiger charge is 2.04. The summed E-state index contributed by atoms with van der Waals surface area (Å²) < 4.78 is 0. The Morgan fingerprint density at radius 3 is 2.83 bits per heavy atom. The van der Waals surface area contributed by atoms with Crippen LogP contribution in [0.15, 0.2) is 23.2 Å². The lowest BCUT2D eigenvalue weighted by Gasteiger charge is -2.06. The van der Waals surface area contributed by atoms with Crippen LogP contribution in [0.4, 0.5) is 16.2 Å². The Morgan fingerprint density at radius 2 is 2.28 bits per heavy atom. The minimum Gasteiger partial charge on any atom is -0.369 e. The van der Waals surface area contributed by atoms with Gasteiger partial charge in [-0.05, 0) is 18.2 Å². The second-order valence-electron chi connectivity index (χ2n) is 3.65. The Kier molecular flexibility index (Phi) is 4.66. The summed E-state index contributed by atoms with van der Waals surface area (Å²) in [6.07, 6.45) is 1.59. The van der Waals surface area contributed by atoms with Crippen molar-refractivity contribution in [3.63, 3.8) is 0 Å². The van der Waals surface area contributed by atoms with Crippen molar-refractivity contribution in [2.75, 3.05) is 19.4 Å². The number of carbonyl (C=O) groups is 1. The Labute approximate surface area is 105 Å². The number of nitrogens with zero attached hydrogens (tertiary/aromatic N) is 3. The van der Waals surface area contributed by atoms with Gasteiger partial charge in [0.2, 0.25) is 0 Å². The zero-order valence-electron chi connectivity index (χ0n) is 10.1. The molecule has 0 aliphatic rings. The molecule has 0 fully saturated rings. The highest BCUT2D eigenvalue weighted by atomic mass is 16.2. The van der Waals surface area contributed by atoms with Gasteiger partial charge in [-0.25, -0.2) is 15.6 Å². The third-order valence-electron chi connectivity index (χ3n) is 1.93. The number of nitrogens with two attached hydrogens (primary N) is 1. The van der Waals surface area contributed by atoms with E-state index < -0.39 is 6.03 Å². The maximum absolute atomic E-state index is 11.0. The van der Waals surface area contributed by atoms with Gasteiger partial charge in [-0.2, -0.15) is 5.26 Å². The average molecular weight is 246 g/mol. The molecule has 7 heteroatoms. The number of urea groups is 1. The van der Waals surface area contributed by atoms with E-state index in [0.717, 1.165) is 0 Å². The van der Waals surface area contributed by atoms with E-state index >= 15 is 0 Å². The molecule has 4 N–H and O–H groups in total. The minimum atomic E-state index is -0.552. The molecule has 0 unspecified atom stereocenters. The van der Waals surface area contributed by atoms with E-state index in [1.807, 2.05) is 25.6 Å². The Morgan fingerprint density at radius 1 is 1.56 bits per heavy atom. The summed E-state index contributed by atoms with van der Waals surface area (Å²) in [5, 5.41) is 11.5. The number of anilines is 1. The van der Waals surface area contributed by atoms with E-state index in [-0.39, 0.29) is 0 Å². The second-order valence-corrected chi connectivity index (χ2v) is 3.65. The molecule has 7 nitrogen and oxygen atoms in total. The van der Waals surface area contributed by atoms with Crippen LogP contribution in [0.3, 0.4) is 0 Å². The average Bonchev–Trinajstić information content (AvgIpc) is 2.36. The number of carbonyl (C=O) groups excluding carboxylic acids is 1. The second kappa shape index (κ2) is 6.22. The summed E-state index contributed by atoms with van der Waals surface area (Å²) in [5.41, 5.74) is 3.30. The van der Waals surface area contributed by atoms with Crippen LogP contribution in [0.25, 0.3) is 0 Å². The third kappa shape index (κ3) is 3.77.